The molecule has 3 aromatic rings. The van der Waals surface area contributed by atoms with Crippen LogP contribution in [0.5, 0.6) is 0 Å². The number of pyridine rings is 1. The van der Waals surface area contributed by atoms with E-state index in [0.717, 1.165) is 56.7 Å². The maximum atomic E-state index is 14.4. The van der Waals surface area contributed by atoms with E-state index in [2.05, 4.69) is 46.0 Å². The number of fused-ring (bicyclic) bond motifs is 2. The van der Waals surface area contributed by atoms with Crippen LogP contribution in [0, 0.1) is 11.8 Å². The van der Waals surface area contributed by atoms with Gasteiger partial charge in [-0.1, -0.05) is 19.9 Å². The van der Waals surface area contributed by atoms with Crippen molar-refractivity contribution in [1.82, 2.24) is 45.3 Å². The number of thioether (sulfide) groups is 1. The van der Waals surface area contributed by atoms with Crippen LogP contribution in [0.3, 0.4) is 0 Å². The number of nitrogens with zero attached hydrogens (tertiary/aromatic N) is 7. The second kappa shape index (κ2) is 20.8. The van der Waals surface area contributed by atoms with Gasteiger partial charge >= 0.3 is 18.3 Å². The number of Topliss-reactive ketones (excluding diaryl/α,β-unsaturated/α-hetero) is 1. The molecule has 22 heteroatoms. The molecule has 65 heavy (non-hydrogen) atoms. The van der Waals surface area contributed by atoms with Gasteiger partial charge in [0.15, 0.2) is 11.6 Å². The number of amides is 5. The smallest absolute Gasteiger partial charge is 0.417 e. The third-order valence-corrected chi connectivity index (χ3v) is 14.1. The lowest BCUT2D eigenvalue weighted by Crippen LogP contribution is -2.50. The lowest BCUT2D eigenvalue weighted by Gasteiger charge is -2.34. The molecule has 4 aliphatic heterocycles. The zero-order valence-electron chi connectivity index (χ0n) is 35.4. The first-order valence-corrected chi connectivity index (χ1v) is 22.7. The number of nitrogens with one attached hydrogen (secondary N) is 4. The van der Waals surface area contributed by atoms with Crippen molar-refractivity contribution in [3.8, 4) is 11.4 Å². The van der Waals surface area contributed by atoms with Crippen molar-refractivity contribution >= 4 is 58.6 Å². The van der Waals surface area contributed by atoms with Gasteiger partial charge in [-0.15, -0.1) is 5.10 Å². The lowest BCUT2D eigenvalue weighted by molar-refractivity contribution is -0.137. The first-order chi connectivity index (χ1) is 30.8. The second-order valence-electron chi connectivity index (χ2n) is 16.7. The number of ketones is 1. The summed E-state index contributed by atoms with van der Waals surface area (Å²) in [7, 11) is 1.09. The van der Waals surface area contributed by atoms with Crippen LogP contribution < -0.4 is 26.2 Å². The van der Waals surface area contributed by atoms with E-state index in [-0.39, 0.29) is 78.7 Å². The maximum Gasteiger partial charge on any atom is 0.417 e. The van der Waals surface area contributed by atoms with Crippen molar-refractivity contribution in [3.05, 3.63) is 47.8 Å². The number of piperazine rings is 1. The van der Waals surface area contributed by atoms with Gasteiger partial charge < -0.3 is 35.2 Å². The van der Waals surface area contributed by atoms with Crippen LogP contribution >= 0.6 is 11.8 Å². The van der Waals surface area contributed by atoms with E-state index < -0.39 is 17.8 Å². The van der Waals surface area contributed by atoms with Crippen LogP contribution in [0.4, 0.5) is 34.4 Å². The van der Waals surface area contributed by atoms with Gasteiger partial charge in [-0.05, 0) is 55.4 Å². The molecule has 0 bridgehead atoms. The third-order valence-electron chi connectivity index (χ3n) is 12.6. The fraction of sp³-hybridized carbons (Fsp3) is 0.581. The van der Waals surface area contributed by atoms with E-state index >= 15 is 0 Å². The summed E-state index contributed by atoms with van der Waals surface area (Å²) in [5.74, 6) is 0.386. The zero-order chi connectivity index (χ0) is 45.0. The minimum atomic E-state index is -4.82. The molecule has 352 valence electrons. The van der Waals surface area contributed by atoms with Crippen LogP contribution in [0.25, 0.3) is 16.9 Å². The number of morpholine rings is 1. The summed E-state index contributed by atoms with van der Waals surface area (Å²) in [6.45, 7) is 4.10. The van der Waals surface area contributed by atoms with E-state index in [9.17, 15) is 37.1 Å². The van der Waals surface area contributed by atoms with E-state index in [0.29, 0.717) is 88.1 Å². The molecule has 5 fully saturated rings. The molecular weight excluding hydrogens is 872 g/mol. The minimum Gasteiger partial charge on any atom is -0.453 e. The van der Waals surface area contributed by atoms with Crippen molar-refractivity contribution in [1.29, 1.82) is 0 Å². The highest BCUT2D eigenvalue weighted by atomic mass is 32.2. The Morgan fingerprint density at radius 1 is 1.05 bits per heavy atom. The Kier molecular flexibility index (Phi) is 15.2. The summed E-state index contributed by atoms with van der Waals surface area (Å²) in [6.07, 6.45) is 5.02. The number of carbonyl (C=O) groups is 5. The van der Waals surface area contributed by atoms with E-state index in [1.54, 1.807) is 17.2 Å². The highest BCUT2D eigenvalue weighted by Gasteiger charge is 2.43. The molecule has 5 amide bonds. The summed E-state index contributed by atoms with van der Waals surface area (Å²) >= 11 is 1.87. The molecule has 18 nitrogen and oxygen atoms in total. The number of hydrogen-bond acceptors (Lipinski definition) is 13. The Morgan fingerprint density at radius 3 is 2.55 bits per heavy atom. The number of allylic oxidation sites excluding steroid dienone is 1. The molecule has 0 radical (unpaired) electrons. The highest BCUT2D eigenvalue weighted by Crippen LogP contribution is 2.39. The average molecular weight is 928 g/mol. The van der Waals surface area contributed by atoms with Gasteiger partial charge in [-0.25, -0.2) is 24.1 Å². The lowest BCUT2D eigenvalue weighted by atomic mass is 9.70. The van der Waals surface area contributed by atoms with Crippen molar-refractivity contribution in [2.45, 2.75) is 76.0 Å². The van der Waals surface area contributed by atoms with Crippen LogP contribution in [0.1, 0.15) is 57.1 Å². The fourth-order valence-corrected chi connectivity index (χ4v) is 10.5. The number of aromatic nitrogens is 4. The predicted molar refractivity (Wildman–Crippen MR) is 236 cm³/mol. The Morgan fingerprint density at radius 2 is 1.83 bits per heavy atom. The molecule has 1 saturated carbocycles. The molecule has 5 atom stereocenters. The largest absolute Gasteiger partial charge is 0.453 e. The van der Waals surface area contributed by atoms with Crippen LogP contribution in [-0.2, 0) is 36.6 Å². The minimum absolute atomic E-state index is 0. The molecule has 0 spiro atoms. The molecular formula is C43H56F3N11O7S. The SMILES string of the molecule is C.COC(=O)Nc1cc(C(F)(F)F)c(-c2nc(N3CCOCC3)c3cc(CN4CCN(C(=O)CNC(=O)/C=C/C5CCC5C(=O)CCCC[C@@H]5SCC6NC(=O)NC65)CC4)cn3n2)cn1. The van der Waals surface area contributed by atoms with Crippen molar-refractivity contribution in [2.75, 3.05) is 82.1 Å². The zero-order valence-corrected chi connectivity index (χ0v) is 36.2. The maximum absolute atomic E-state index is 14.4. The second-order valence-corrected chi connectivity index (χ2v) is 18.0. The normalized spacial score (nSPS) is 23.3. The van der Waals surface area contributed by atoms with Gasteiger partial charge in [0.05, 0.1) is 50.1 Å². The first kappa shape index (κ1) is 47.5. The summed E-state index contributed by atoms with van der Waals surface area (Å²) in [6, 6.07) is 2.89. The van der Waals surface area contributed by atoms with E-state index in [1.807, 2.05) is 22.7 Å². The van der Waals surface area contributed by atoms with Crippen molar-refractivity contribution < 1.29 is 46.6 Å². The van der Waals surface area contributed by atoms with Gasteiger partial charge in [0.25, 0.3) is 0 Å². The molecule has 4 saturated heterocycles. The van der Waals surface area contributed by atoms with Crippen molar-refractivity contribution in [3.63, 3.8) is 0 Å². The molecule has 7 heterocycles. The average Bonchev–Trinajstić information content (AvgIpc) is 3.97. The fourth-order valence-electron chi connectivity index (χ4n) is 8.92. The first-order valence-electron chi connectivity index (χ1n) is 21.6. The Hall–Kier alpha value is -5.48. The molecule has 4 unspecified atom stereocenters. The third kappa shape index (κ3) is 11.3. The summed E-state index contributed by atoms with van der Waals surface area (Å²) in [5, 5.41) is 15.7. The van der Waals surface area contributed by atoms with Gasteiger partial charge in [0.2, 0.25) is 11.8 Å². The number of anilines is 2. The molecule has 4 N–H and O–H groups in total. The Labute approximate surface area is 378 Å². The topological polar surface area (TPSA) is 205 Å². The standard InChI is InChI=1S/C42H52F3N11O7S.CH4/c1-62-41(61)49-34-19-29(42(43,44)45)28(20-46-34)38-51-39(55-14-16-63-17-15-55)31-18-25(23-56(31)52-38)22-53-10-12-54(13-11-53)36(59)21-47-35(58)9-7-26-6-8-27(26)32(57)4-2-3-5-33-37-30(24-64-33)48-40(60)50-37;/h7,9,18-20,23,26-27,30,33,37H,2-6,8,10-17,21-22,24H2,1H3,(H,47,58)(H,46,49,61)(H2,48,50,60);1H4/b9-7+;/t26?,27?,30?,33-,37?;/m0./s1. The predicted octanol–water partition coefficient (Wildman–Crippen LogP) is 4.10. The number of halogens is 3. The highest BCUT2D eigenvalue weighted by molar-refractivity contribution is 8.00. The Bertz CT molecular complexity index is 2260. The molecule has 0 aromatic carbocycles. The van der Waals surface area contributed by atoms with Crippen molar-refractivity contribution in [2.24, 2.45) is 11.8 Å². The van der Waals surface area contributed by atoms with Gasteiger partial charge in [-0.2, -0.15) is 24.9 Å². The number of carbonyl (C=O) groups excluding carboxylic acids is 5. The number of rotatable bonds is 15. The number of unbranched alkanes of at least 4 members (excludes halogenated alkanes) is 1. The monoisotopic (exact) mass is 927 g/mol. The quantitative estimate of drug-likeness (QED) is 0.0965. The summed E-state index contributed by atoms with van der Waals surface area (Å²) in [5.41, 5.74) is 0.00523. The van der Waals surface area contributed by atoms with Gasteiger partial charge in [0, 0.05) is 81.5 Å². The molecule has 5 aliphatic rings. The van der Waals surface area contributed by atoms with Crippen LogP contribution in [-0.4, -0.2) is 148 Å². The number of hydrogen-bond donors (Lipinski definition) is 4. The number of methoxy groups -OCH3 is 1. The summed E-state index contributed by atoms with van der Waals surface area (Å²) in [4.78, 5) is 76.5. The van der Waals surface area contributed by atoms with Crippen LogP contribution in [0.15, 0.2) is 36.7 Å². The Balaban J connectivity index is 0.00000630. The molecule has 8 rings (SSSR count). The number of urea groups is 1. The van der Waals surface area contributed by atoms with E-state index in [4.69, 9.17) is 4.74 Å². The molecule has 1 aliphatic carbocycles. The van der Waals surface area contributed by atoms with Gasteiger partial charge in [0.1, 0.15) is 17.1 Å². The number of alkyl halides is 3. The molecule has 3 aromatic heterocycles. The number of ether oxygens (including phenoxy) is 2. The van der Waals surface area contributed by atoms with E-state index in [1.165, 1.54) is 10.6 Å². The van der Waals surface area contributed by atoms with Gasteiger partial charge in [-0.3, -0.25) is 24.6 Å². The van der Waals surface area contributed by atoms with Crippen LogP contribution in [0.2, 0.25) is 0 Å². The summed E-state index contributed by atoms with van der Waals surface area (Å²) < 4.78 is 54.7.